The van der Waals surface area contributed by atoms with Gasteiger partial charge in [-0.3, -0.25) is 9.59 Å². The Kier molecular flexibility index (Phi) is 5.43. The number of fused-ring (bicyclic) bond motifs is 2. The summed E-state index contributed by atoms with van der Waals surface area (Å²) >= 11 is 0. The van der Waals surface area contributed by atoms with Crippen molar-refractivity contribution in [3.63, 3.8) is 0 Å². The first-order chi connectivity index (χ1) is 11.0. The summed E-state index contributed by atoms with van der Waals surface area (Å²) in [7, 11) is 0. The molecular weight excluding hydrogens is 368 g/mol. The van der Waals surface area contributed by atoms with Crippen LogP contribution >= 0.6 is 0 Å². The van der Waals surface area contributed by atoms with Gasteiger partial charge in [-0.1, -0.05) is 38.1 Å². The molecule has 1 aromatic heterocycles. The van der Waals surface area contributed by atoms with Crippen LogP contribution in [0.5, 0.6) is 0 Å². The number of rotatable bonds is 4. The minimum Gasteiger partial charge on any atom is -1.00 e. The molecule has 1 aliphatic carbocycles. The van der Waals surface area contributed by atoms with Crippen LogP contribution < -0.4 is 21.5 Å². The van der Waals surface area contributed by atoms with E-state index in [2.05, 4.69) is 25.3 Å². The van der Waals surface area contributed by atoms with E-state index >= 15 is 0 Å². The predicted molar refractivity (Wildman–Crippen MR) is 88.0 cm³/mol. The van der Waals surface area contributed by atoms with E-state index in [9.17, 15) is 9.59 Å². The van der Waals surface area contributed by atoms with E-state index in [1.54, 1.807) is 12.1 Å². The standard InChI is InChI=1S/C19H23N2O2.BrH/c1-5-11-20-13(4)21(12(3)6-2)17-16(20)18(22)14-9-7-8-10-15(14)19(17)23;/h7-10,12H,5-6,11H2,1-4H3;1H/q+1;/p-1. The van der Waals surface area contributed by atoms with Gasteiger partial charge in [0.2, 0.25) is 23.0 Å². The lowest BCUT2D eigenvalue weighted by Crippen LogP contribution is -3.00. The van der Waals surface area contributed by atoms with E-state index in [0.717, 1.165) is 25.2 Å². The first-order valence-corrected chi connectivity index (χ1v) is 8.35. The highest BCUT2D eigenvalue weighted by molar-refractivity contribution is 6.26. The quantitative estimate of drug-likeness (QED) is 0.599. The van der Waals surface area contributed by atoms with Gasteiger partial charge in [-0.25, -0.2) is 9.13 Å². The molecule has 24 heavy (non-hydrogen) atoms. The first kappa shape index (κ1) is 18.6. The van der Waals surface area contributed by atoms with Gasteiger partial charge in [-0.2, -0.15) is 0 Å². The molecule has 5 heteroatoms. The molecular formula is C19H23BrN2O2. The highest BCUT2D eigenvalue weighted by Crippen LogP contribution is 2.29. The minimum absolute atomic E-state index is 0. The molecule has 1 atom stereocenters. The Morgan fingerprint density at radius 3 is 2.21 bits per heavy atom. The summed E-state index contributed by atoms with van der Waals surface area (Å²) in [4.78, 5) is 26.1. The third-order valence-electron chi connectivity index (χ3n) is 4.80. The molecule has 0 saturated carbocycles. The smallest absolute Gasteiger partial charge is 0.254 e. The SMILES string of the molecule is CCC[n+]1c2c(n(C(C)CC)c1C)C(=O)c1ccccc1C2=O.[Br-]. The van der Waals surface area contributed by atoms with E-state index in [-0.39, 0.29) is 34.6 Å². The van der Waals surface area contributed by atoms with Crippen molar-refractivity contribution in [2.24, 2.45) is 0 Å². The number of benzene rings is 1. The monoisotopic (exact) mass is 390 g/mol. The Hall–Kier alpha value is -1.75. The van der Waals surface area contributed by atoms with E-state index < -0.39 is 0 Å². The third kappa shape index (κ3) is 2.55. The van der Waals surface area contributed by atoms with Crippen LogP contribution in [0.1, 0.15) is 77.6 Å². The summed E-state index contributed by atoms with van der Waals surface area (Å²) in [5.74, 6) is 0.919. The summed E-state index contributed by atoms with van der Waals surface area (Å²) in [6.45, 7) is 9.04. The lowest BCUT2D eigenvalue weighted by molar-refractivity contribution is -0.704. The van der Waals surface area contributed by atoms with Crippen LogP contribution in [0.3, 0.4) is 0 Å². The molecule has 3 rings (SSSR count). The number of hydrogen-bond acceptors (Lipinski definition) is 2. The van der Waals surface area contributed by atoms with Crippen molar-refractivity contribution < 1.29 is 31.1 Å². The van der Waals surface area contributed by atoms with Gasteiger partial charge in [-0.15, -0.1) is 0 Å². The van der Waals surface area contributed by atoms with Crippen LogP contribution in [0.4, 0.5) is 0 Å². The van der Waals surface area contributed by atoms with Gasteiger partial charge in [-0.05, 0) is 19.8 Å². The number of carbonyl (C=O) groups excluding carboxylic acids is 2. The van der Waals surface area contributed by atoms with Crippen molar-refractivity contribution in [2.75, 3.05) is 0 Å². The molecule has 0 saturated heterocycles. The van der Waals surface area contributed by atoms with Gasteiger partial charge >= 0.3 is 0 Å². The number of imidazole rings is 1. The summed E-state index contributed by atoms with van der Waals surface area (Å²) in [5, 5.41) is 0. The first-order valence-electron chi connectivity index (χ1n) is 8.35. The minimum atomic E-state index is -0.0338. The van der Waals surface area contributed by atoms with Crippen molar-refractivity contribution >= 4 is 11.6 Å². The topological polar surface area (TPSA) is 43.0 Å². The van der Waals surface area contributed by atoms with Gasteiger partial charge in [0.25, 0.3) is 5.82 Å². The van der Waals surface area contributed by atoms with E-state index in [1.165, 1.54) is 0 Å². The van der Waals surface area contributed by atoms with E-state index in [4.69, 9.17) is 0 Å². The van der Waals surface area contributed by atoms with Gasteiger partial charge in [0.1, 0.15) is 0 Å². The van der Waals surface area contributed by atoms with Crippen LogP contribution in [-0.4, -0.2) is 16.1 Å². The summed E-state index contributed by atoms with van der Waals surface area (Å²) in [6, 6.07) is 7.33. The van der Waals surface area contributed by atoms with Crippen molar-refractivity contribution in [2.45, 2.75) is 53.1 Å². The molecule has 1 aromatic carbocycles. The lowest BCUT2D eigenvalue weighted by Gasteiger charge is -2.14. The van der Waals surface area contributed by atoms with Crippen molar-refractivity contribution in [1.82, 2.24) is 4.57 Å². The summed E-state index contributed by atoms with van der Waals surface area (Å²) in [6.07, 6.45) is 1.84. The number of ketones is 2. The Labute approximate surface area is 153 Å². The molecule has 1 unspecified atom stereocenters. The fraction of sp³-hybridized carbons (Fsp3) is 0.421. The second kappa shape index (κ2) is 7.01. The molecule has 128 valence electrons. The van der Waals surface area contributed by atoms with Crippen LogP contribution in [0.25, 0.3) is 0 Å². The summed E-state index contributed by atoms with van der Waals surface area (Å²) in [5.41, 5.74) is 2.18. The molecule has 0 amide bonds. The van der Waals surface area contributed by atoms with Crippen LogP contribution in [0.15, 0.2) is 24.3 Å². The Balaban J connectivity index is 0.00000208. The summed E-state index contributed by atoms with van der Waals surface area (Å²) < 4.78 is 4.08. The number of carbonyl (C=O) groups is 2. The van der Waals surface area contributed by atoms with Crippen LogP contribution in [0, 0.1) is 6.92 Å². The van der Waals surface area contributed by atoms with E-state index in [0.29, 0.717) is 22.5 Å². The average Bonchev–Trinajstić information content (AvgIpc) is 2.86. The second-order valence-corrected chi connectivity index (χ2v) is 6.23. The average molecular weight is 391 g/mol. The maximum absolute atomic E-state index is 13.1. The Morgan fingerprint density at radius 2 is 1.67 bits per heavy atom. The van der Waals surface area contributed by atoms with Gasteiger partial charge < -0.3 is 17.0 Å². The largest absolute Gasteiger partial charge is 1.00 e. The Morgan fingerprint density at radius 1 is 1.08 bits per heavy atom. The fourth-order valence-corrected chi connectivity index (χ4v) is 3.50. The maximum Gasteiger partial charge on any atom is 0.254 e. The molecule has 1 aliphatic rings. The van der Waals surface area contributed by atoms with Crippen molar-refractivity contribution in [1.29, 1.82) is 0 Å². The number of aromatic nitrogens is 2. The predicted octanol–water partition coefficient (Wildman–Crippen LogP) is 0.244. The third-order valence-corrected chi connectivity index (χ3v) is 4.80. The number of halogens is 1. The molecule has 2 aromatic rings. The second-order valence-electron chi connectivity index (χ2n) is 6.23. The normalized spacial score (nSPS) is 14.0. The Bertz CT molecular complexity index is 808. The highest BCUT2D eigenvalue weighted by atomic mass is 79.9. The molecule has 0 fully saturated rings. The highest BCUT2D eigenvalue weighted by Gasteiger charge is 2.43. The zero-order valence-corrected chi connectivity index (χ0v) is 16.2. The van der Waals surface area contributed by atoms with Crippen molar-refractivity contribution in [3.05, 3.63) is 52.6 Å². The van der Waals surface area contributed by atoms with Gasteiger partial charge in [0, 0.05) is 18.1 Å². The molecule has 0 radical (unpaired) electrons. The number of hydrogen-bond donors (Lipinski definition) is 0. The van der Waals surface area contributed by atoms with Gasteiger partial charge in [0.05, 0.1) is 12.6 Å². The molecule has 0 spiro atoms. The van der Waals surface area contributed by atoms with Crippen LogP contribution in [0.2, 0.25) is 0 Å². The maximum atomic E-state index is 13.1. The molecule has 4 nitrogen and oxygen atoms in total. The zero-order chi connectivity index (χ0) is 16.7. The molecule has 0 bridgehead atoms. The molecule has 1 heterocycles. The van der Waals surface area contributed by atoms with Crippen molar-refractivity contribution in [3.8, 4) is 0 Å². The zero-order valence-electron chi connectivity index (χ0n) is 14.6. The molecule has 0 N–H and O–H groups in total. The number of nitrogens with zero attached hydrogens (tertiary/aromatic N) is 2. The molecule has 0 aliphatic heterocycles. The van der Waals surface area contributed by atoms with Crippen LogP contribution in [-0.2, 0) is 6.54 Å². The van der Waals surface area contributed by atoms with E-state index in [1.807, 2.05) is 23.6 Å². The lowest BCUT2D eigenvalue weighted by atomic mass is 9.89. The van der Waals surface area contributed by atoms with Gasteiger partial charge in [0.15, 0.2) is 0 Å². The fourth-order valence-electron chi connectivity index (χ4n) is 3.50.